The first-order valence-electron chi connectivity index (χ1n) is 9.71. The highest BCUT2D eigenvalue weighted by atomic mass is 35.5. The summed E-state index contributed by atoms with van der Waals surface area (Å²) in [6.45, 7) is 4.80. The number of nitrogens with zero attached hydrogens (tertiary/aromatic N) is 2. The molecular weight excluding hydrogens is 401 g/mol. The maximum atomic E-state index is 12.8. The van der Waals surface area contributed by atoms with Crippen LogP contribution < -0.4 is 4.90 Å². The van der Waals surface area contributed by atoms with E-state index in [-0.39, 0.29) is 17.7 Å². The van der Waals surface area contributed by atoms with Crippen molar-refractivity contribution in [2.45, 2.75) is 25.4 Å². The predicted molar refractivity (Wildman–Crippen MR) is 107 cm³/mol. The van der Waals surface area contributed by atoms with Crippen molar-refractivity contribution >= 4 is 23.2 Å². The van der Waals surface area contributed by atoms with Gasteiger partial charge >= 0.3 is 6.18 Å². The first kappa shape index (κ1) is 20.1. The second-order valence-electron chi connectivity index (χ2n) is 7.81. The number of aryl methyl sites for hydroxylation is 1. The Hall–Kier alpha value is -2.21. The molecule has 2 aromatic carbocycles. The number of rotatable bonds is 3. The van der Waals surface area contributed by atoms with Crippen molar-refractivity contribution < 1.29 is 18.0 Å². The predicted octanol–water partition coefficient (Wildman–Crippen LogP) is 5.12. The number of hydrogen-bond donors (Lipinski definition) is 0. The molecule has 1 aliphatic heterocycles. The summed E-state index contributed by atoms with van der Waals surface area (Å²) in [6, 6.07) is 11.0. The molecule has 1 saturated carbocycles. The highest BCUT2D eigenvalue weighted by Crippen LogP contribution is 2.49. The summed E-state index contributed by atoms with van der Waals surface area (Å²) in [5, 5.41) is 0.696. The van der Waals surface area contributed by atoms with Gasteiger partial charge in [0.1, 0.15) is 0 Å². The zero-order valence-corrected chi connectivity index (χ0v) is 16.8. The van der Waals surface area contributed by atoms with Crippen LogP contribution in [0, 0.1) is 12.8 Å². The first-order chi connectivity index (χ1) is 13.7. The van der Waals surface area contributed by atoms with Crippen LogP contribution in [-0.2, 0) is 11.0 Å². The summed E-state index contributed by atoms with van der Waals surface area (Å²) in [7, 11) is 0. The Labute approximate surface area is 173 Å². The van der Waals surface area contributed by atoms with E-state index in [0.29, 0.717) is 24.5 Å². The Morgan fingerprint density at radius 2 is 1.69 bits per heavy atom. The van der Waals surface area contributed by atoms with Gasteiger partial charge in [0, 0.05) is 42.8 Å². The van der Waals surface area contributed by atoms with Crippen molar-refractivity contribution in [3.8, 4) is 0 Å². The maximum absolute atomic E-state index is 12.8. The lowest BCUT2D eigenvalue weighted by molar-refractivity contribution is -0.137. The lowest BCUT2D eigenvalue weighted by Crippen LogP contribution is -2.49. The Balaban J connectivity index is 1.34. The molecule has 0 aromatic heterocycles. The van der Waals surface area contributed by atoms with E-state index in [2.05, 4.69) is 4.90 Å². The molecule has 1 unspecified atom stereocenters. The highest BCUT2D eigenvalue weighted by molar-refractivity contribution is 6.30. The Morgan fingerprint density at radius 1 is 1.03 bits per heavy atom. The standard InChI is InChI=1S/C22H22ClF3N2O/c1-14-2-7-17(23)12-20(14)27-8-10-28(11-9-27)21(29)19-13-18(19)15-3-5-16(6-4-15)22(24,25)26/h2-7,12,18-19H,8-11,13H2,1H3/t18?,19-/m0/s1. The molecule has 0 radical (unpaired) electrons. The van der Waals surface area contributed by atoms with Gasteiger partial charge in [-0.1, -0.05) is 29.8 Å². The van der Waals surface area contributed by atoms with Crippen LogP contribution in [0.15, 0.2) is 42.5 Å². The molecule has 1 heterocycles. The molecular formula is C22H22ClF3N2O. The van der Waals surface area contributed by atoms with Gasteiger partial charge in [-0.15, -0.1) is 0 Å². The molecule has 2 fully saturated rings. The SMILES string of the molecule is Cc1ccc(Cl)cc1N1CCN(C(=O)[C@H]2CC2c2ccc(C(F)(F)F)cc2)CC1. The van der Waals surface area contributed by atoms with E-state index in [0.717, 1.165) is 42.0 Å². The van der Waals surface area contributed by atoms with Crippen LogP contribution in [0.4, 0.5) is 18.9 Å². The topological polar surface area (TPSA) is 23.6 Å². The average Bonchev–Trinajstić information content (AvgIpc) is 3.50. The quantitative estimate of drug-likeness (QED) is 0.685. The van der Waals surface area contributed by atoms with Gasteiger partial charge in [-0.25, -0.2) is 0 Å². The third-order valence-electron chi connectivity index (χ3n) is 5.88. The van der Waals surface area contributed by atoms with Crippen LogP contribution in [-0.4, -0.2) is 37.0 Å². The normalized spacial score (nSPS) is 22.0. The maximum Gasteiger partial charge on any atom is 0.416 e. The van der Waals surface area contributed by atoms with E-state index in [1.807, 2.05) is 30.0 Å². The number of amides is 1. The summed E-state index contributed by atoms with van der Waals surface area (Å²) < 4.78 is 38.1. The minimum Gasteiger partial charge on any atom is -0.368 e. The number of halogens is 4. The van der Waals surface area contributed by atoms with Crippen molar-refractivity contribution in [2.24, 2.45) is 5.92 Å². The number of anilines is 1. The monoisotopic (exact) mass is 422 g/mol. The zero-order valence-electron chi connectivity index (χ0n) is 16.0. The molecule has 1 aliphatic carbocycles. The fourth-order valence-corrected chi connectivity index (χ4v) is 4.25. The van der Waals surface area contributed by atoms with Crippen LogP contribution in [0.1, 0.15) is 29.0 Å². The fraction of sp³-hybridized carbons (Fsp3) is 0.409. The van der Waals surface area contributed by atoms with E-state index in [1.54, 1.807) is 0 Å². The van der Waals surface area contributed by atoms with Crippen molar-refractivity contribution in [1.29, 1.82) is 0 Å². The molecule has 2 atom stereocenters. The third-order valence-corrected chi connectivity index (χ3v) is 6.11. The summed E-state index contributed by atoms with van der Waals surface area (Å²) in [4.78, 5) is 17.0. The molecule has 29 heavy (non-hydrogen) atoms. The summed E-state index contributed by atoms with van der Waals surface area (Å²) in [5.74, 6) is 0.0153. The lowest BCUT2D eigenvalue weighted by Gasteiger charge is -2.37. The van der Waals surface area contributed by atoms with Crippen molar-refractivity contribution in [2.75, 3.05) is 31.1 Å². The molecule has 154 valence electrons. The van der Waals surface area contributed by atoms with Crippen LogP contribution in [0.2, 0.25) is 5.02 Å². The smallest absolute Gasteiger partial charge is 0.368 e. The molecule has 3 nitrogen and oxygen atoms in total. The summed E-state index contributed by atoms with van der Waals surface area (Å²) >= 11 is 6.12. The second kappa shape index (κ2) is 7.56. The van der Waals surface area contributed by atoms with Crippen molar-refractivity contribution in [3.05, 3.63) is 64.2 Å². The first-order valence-corrected chi connectivity index (χ1v) is 10.1. The number of carbonyl (C=O) groups excluding carboxylic acids is 1. The fourth-order valence-electron chi connectivity index (χ4n) is 4.08. The van der Waals surface area contributed by atoms with Crippen LogP contribution in [0.3, 0.4) is 0 Å². The molecule has 1 saturated heterocycles. The Bertz CT molecular complexity index is 905. The van der Waals surface area contributed by atoms with Crippen LogP contribution >= 0.6 is 11.6 Å². The van der Waals surface area contributed by atoms with Crippen LogP contribution in [0.25, 0.3) is 0 Å². The molecule has 0 spiro atoms. The van der Waals surface area contributed by atoms with Crippen molar-refractivity contribution in [1.82, 2.24) is 4.90 Å². The largest absolute Gasteiger partial charge is 0.416 e. The van der Waals surface area contributed by atoms with Gasteiger partial charge in [0.05, 0.1) is 5.56 Å². The second-order valence-corrected chi connectivity index (χ2v) is 8.25. The van der Waals surface area contributed by atoms with Crippen LogP contribution in [0.5, 0.6) is 0 Å². The summed E-state index contributed by atoms with van der Waals surface area (Å²) in [5.41, 5.74) is 2.40. The number of piperazine rings is 1. The number of benzene rings is 2. The number of hydrogen-bond acceptors (Lipinski definition) is 2. The molecule has 1 amide bonds. The van der Waals surface area contributed by atoms with Crippen molar-refractivity contribution in [3.63, 3.8) is 0 Å². The van der Waals surface area contributed by atoms with Gasteiger partial charge in [0.15, 0.2) is 0 Å². The average molecular weight is 423 g/mol. The van der Waals surface area contributed by atoms with E-state index < -0.39 is 11.7 Å². The van der Waals surface area contributed by atoms with E-state index in [4.69, 9.17) is 11.6 Å². The van der Waals surface area contributed by atoms with Gasteiger partial charge in [0.25, 0.3) is 0 Å². The van der Waals surface area contributed by atoms with E-state index in [1.165, 1.54) is 12.1 Å². The zero-order chi connectivity index (χ0) is 20.8. The lowest BCUT2D eigenvalue weighted by atomic mass is 10.1. The Kier molecular flexibility index (Phi) is 5.23. The number of alkyl halides is 3. The molecule has 0 N–H and O–H groups in total. The van der Waals surface area contributed by atoms with Gasteiger partial charge in [-0.3, -0.25) is 4.79 Å². The Morgan fingerprint density at radius 3 is 2.31 bits per heavy atom. The van der Waals surface area contributed by atoms with Gasteiger partial charge < -0.3 is 9.80 Å². The highest BCUT2D eigenvalue weighted by Gasteiger charge is 2.46. The minimum atomic E-state index is -4.34. The third kappa shape index (κ3) is 4.22. The summed E-state index contributed by atoms with van der Waals surface area (Å²) in [6.07, 6.45) is -3.63. The molecule has 0 bridgehead atoms. The number of carbonyl (C=O) groups is 1. The molecule has 2 aromatic rings. The van der Waals surface area contributed by atoms with Gasteiger partial charge in [0.2, 0.25) is 5.91 Å². The molecule has 7 heteroatoms. The van der Waals surface area contributed by atoms with Gasteiger partial charge in [-0.05, 0) is 54.7 Å². The minimum absolute atomic E-state index is 0.0259. The molecule has 4 rings (SSSR count). The van der Waals surface area contributed by atoms with Gasteiger partial charge in [-0.2, -0.15) is 13.2 Å². The molecule has 2 aliphatic rings. The van der Waals surface area contributed by atoms with E-state index in [9.17, 15) is 18.0 Å². The van der Waals surface area contributed by atoms with E-state index >= 15 is 0 Å².